The Hall–Kier alpha value is -1.73. The molecule has 0 aliphatic rings. The highest BCUT2D eigenvalue weighted by Gasteiger charge is 2.17. The van der Waals surface area contributed by atoms with E-state index in [0.29, 0.717) is 0 Å². The zero-order valence-corrected chi connectivity index (χ0v) is 11.8. The van der Waals surface area contributed by atoms with Crippen LogP contribution in [0.15, 0.2) is 30.3 Å². The number of rotatable bonds is 8. The van der Waals surface area contributed by atoms with Crippen LogP contribution in [0, 0.1) is 0 Å². The van der Waals surface area contributed by atoms with Crippen LogP contribution in [-0.4, -0.2) is 32.5 Å². The summed E-state index contributed by atoms with van der Waals surface area (Å²) in [6.45, 7) is -0.173. The molecule has 0 unspecified atom stereocenters. The first-order valence-corrected chi connectivity index (χ1v) is 7.71. The minimum atomic E-state index is -3.93. The average molecular weight is 299 g/mol. The van der Waals surface area contributed by atoms with Crippen molar-refractivity contribution in [1.82, 2.24) is 0 Å². The molecule has 7 heteroatoms. The normalized spacial score (nSPS) is 11.1. The molecule has 0 radical (unpaired) electrons. The fraction of sp³-hybridized carbons (Fsp3) is 0.385. The van der Waals surface area contributed by atoms with Crippen molar-refractivity contribution in [2.45, 2.75) is 19.3 Å². The van der Waals surface area contributed by atoms with Crippen molar-refractivity contribution in [3.63, 3.8) is 0 Å². The van der Waals surface area contributed by atoms with Gasteiger partial charge in [-0.05, 0) is 12.0 Å². The third kappa shape index (κ3) is 6.44. The van der Waals surface area contributed by atoms with E-state index in [1.807, 2.05) is 6.07 Å². The molecule has 0 bridgehead atoms. The molecule has 110 valence electrons. The summed E-state index contributed by atoms with van der Waals surface area (Å²) in [6.07, 6.45) is -0.123. The third-order valence-corrected chi connectivity index (χ3v) is 3.68. The fourth-order valence-corrected chi connectivity index (χ4v) is 2.39. The fourth-order valence-electron chi connectivity index (χ4n) is 1.46. The summed E-state index contributed by atoms with van der Waals surface area (Å²) in [6, 6.07) is 9.00. The van der Waals surface area contributed by atoms with Gasteiger partial charge in [-0.25, -0.2) is 0 Å². The molecule has 0 saturated carbocycles. The number of benzene rings is 1. The second-order valence-electron chi connectivity index (χ2n) is 4.20. The van der Waals surface area contributed by atoms with Crippen molar-refractivity contribution in [1.29, 1.82) is 0 Å². The van der Waals surface area contributed by atoms with Crippen molar-refractivity contribution < 1.29 is 22.2 Å². The molecule has 0 fully saturated rings. The van der Waals surface area contributed by atoms with Crippen molar-refractivity contribution in [3.05, 3.63) is 35.9 Å². The molecule has 6 nitrogen and oxygen atoms in total. The van der Waals surface area contributed by atoms with E-state index < -0.39 is 16.1 Å². The summed E-state index contributed by atoms with van der Waals surface area (Å²) in [7, 11) is -3.93. The van der Waals surface area contributed by atoms with Crippen LogP contribution in [0.25, 0.3) is 0 Å². The highest BCUT2D eigenvalue weighted by molar-refractivity contribution is 7.87. The Bertz CT molecular complexity index is 553. The predicted molar refractivity (Wildman–Crippen MR) is 73.3 cm³/mol. The number of ketones is 1. The van der Waals surface area contributed by atoms with Gasteiger partial charge in [-0.2, -0.15) is 8.42 Å². The lowest BCUT2D eigenvalue weighted by Gasteiger charge is -2.05. The molecule has 20 heavy (non-hydrogen) atoms. The molecular weight excluding hydrogens is 282 g/mol. The van der Waals surface area contributed by atoms with Crippen LogP contribution in [-0.2, 0) is 30.3 Å². The summed E-state index contributed by atoms with van der Waals surface area (Å²) in [4.78, 5) is 22.2. The molecule has 0 aliphatic carbocycles. The zero-order valence-electron chi connectivity index (χ0n) is 10.9. The van der Waals surface area contributed by atoms with E-state index in [1.165, 1.54) is 0 Å². The number of hydrogen-bond donors (Lipinski definition) is 1. The van der Waals surface area contributed by atoms with E-state index in [9.17, 15) is 18.0 Å². The van der Waals surface area contributed by atoms with Crippen molar-refractivity contribution >= 4 is 21.9 Å². The third-order valence-electron chi connectivity index (χ3n) is 2.54. The molecule has 0 spiro atoms. The molecule has 0 heterocycles. The van der Waals surface area contributed by atoms with E-state index in [2.05, 4.69) is 4.18 Å². The van der Waals surface area contributed by atoms with Gasteiger partial charge in [-0.3, -0.25) is 9.59 Å². The van der Waals surface area contributed by atoms with Gasteiger partial charge in [0.25, 0.3) is 0 Å². The monoisotopic (exact) mass is 299 g/mol. The van der Waals surface area contributed by atoms with Crippen molar-refractivity contribution in [2.75, 3.05) is 12.3 Å². The minimum absolute atomic E-state index is 0.108. The van der Waals surface area contributed by atoms with Crippen molar-refractivity contribution in [3.8, 4) is 0 Å². The van der Waals surface area contributed by atoms with Crippen LogP contribution < -0.4 is 5.73 Å². The second kappa shape index (κ2) is 7.76. The van der Waals surface area contributed by atoms with Gasteiger partial charge < -0.3 is 9.92 Å². The molecule has 0 amide bonds. The number of carbonyl (C=O) groups is 2. The molecule has 1 rings (SSSR count). The van der Waals surface area contributed by atoms with E-state index in [0.717, 1.165) is 5.56 Å². The molecule has 0 aliphatic heterocycles. The molecule has 0 aromatic heterocycles. The Morgan fingerprint density at radius 1 is 1.10 bits per heavy atom. The van der Waals surface area contributed by atoms with Crippen LogP contribution in [0.1, 0.15) is 18.4 Å². The quantitative estimate of drug-likeness (QED) is 0.697. The smallest absolute Gasteiger partial charge is 0.322 e. The maximum Gasteiger partial charge on any atom is 0.322 e. The summed E-state index contributed by atoms with van der Waals surface area (Å²) >= 11 is 0. The van der Waals surface area contributed by atoms with Crippen LogP contribution in [0.4, 0.5) is 0 Å². The Labute approximate surface area is 118 Å². The largest absolute Gasteiger partial charge is 0.346 e. The Kier molecular flexibility index (Phi) is 6.33. The van der Waals surface area contributed by atoms with Crippen LogP contribution >= 0.6 is 0 Å². The SMILES string of the molecule is NCC(=O)CCC(=O)OS(=O)(=O)CCc1ccccc1. The summed E-state index contributed by atoms with van der Waals surface area (Å²) < 4.78 is 27.5. The van der Waals surface area contributed by atoms with E-state index in [1.54, 1.807) is 24.3 Å². The highest BCUT2D eigenvalue weighted by atomic mass is 32.2. The molecule has 1 aromatic rings. The summed E-state index contributed by atoms with van der Waals surface area (Å²) in [5.41, 5.74) is 5.92. The van der Waals surface area contributed by atoms with Crippen molar-refractivity contribution in [2.24, 2.45) is 5.73 Å². The molecule has 2 N–H and O–H groups in total. The first kappa shape index (κ1) is 16.3. The van der Waals surface area contributed by atoms with Gasteiger partial charge in [0.15, 0.2) is 0 Å². The van der Waals surface area contributed by atoms with Gasteiger partial charge in [0, 0.05) is 6.42 Å². The molecule has 1 aromatic carbocycles. The summed E-state index contributed by atoms with van der Waals surface area (Å²) in [5.74, 6) is -1.53. The number of aryl methyl sites for hydroxylation is 1. The predicted octanol–water partition coefficient (Wildman–Crippen LogP) is 0.410. The molecule has 0 atom stereocenters. The van der Waals surface area contributed by atoms with Crippen LogP contribution in [0.5, 0.6) is 0 Å². The number of carbonyl (C=O) groups excluding carboxylic acids is 2. The van der Waals surface area contributed by atoms with E-state index in [-0.39, 0.29) is 37.3 Å². The summed E-state index contributed by atoms with van der Waals surface area (Å²) in [5, 5.41) is 0. The first-order chi connectivity index (χ1) is 9.43. The lowest BCUT2D eigenvalue weighted by atomic mass is 10.2. The van der Waals surface area contributed by atoms with Crippen LogP contribution in [0.3, 0.4) is 0 Å². The van der Waals surface area contributed by atoms with Gasteiger partial charge in [0.05, 0.1) is 18.7 Å². The molecule has 0 saturated heterocycles. The van der Waals surface area contributed by atoms with E-state index in [4.69, 9.17) is 5.73 Å². The lowest BCUT2D eigenvalue weighted by molar-refractivity contribution is -0.135. The Morgan fingerprint density at radius 3 is 2.35 bits per heavy atom. The Balaban J connectivity index is 2.41. The number of nitrogens with two attached hydrogens (primary N) is 1. The van der Waals surface area contributed by atoms with Gasteiger partial charge >= 0.3 is 16.1 Å². The van der Waals surface area contributed by atoms with Gasteiger partial charge in [-0.15, -0.1) is 0 Å². The minimum Gasteiger partial charge on any atom is -0.346 e. The number of hydrogen-bond acceptors (Lipinski definition) is 6. The average Bonchev–Trinajstić information content (AvgIpc) is 2.43. The lowest BCUT2D eigenvalue weighted by Crippen LogP contribution is -2.19. The highest BCUT2D eigenvalue weighted by Crippen LogP contribution is 2.05. The zero-order chi connectivity index (χ0) is 15.0. The topological polar surface area (TPSA) is 104 Å². The van der Waals surface area contributed by atoms with Gasteiger partial charge in [0.1, 0.15) is 5.78 Å². The van der Waals surface area contributed by atoms with Crippen LogP contribution in [0.2, 0.25) is 0 Å². The van der Waals surface area contributed by atoms with Gasteiger partial charge in [0.2, 0.25) is 0 Å². The molecular formula is C13H17NO5S. The maximum absolute atomic E-state index is 11.6. The Morgan fingerprint density at radius 2 is 1.75 bits per heavy atom. The van der Waals surface area contributed by atoms with Gasteiger partial charge in [-0.1, -0.05) is 30.3 Å². The number of Topliss-reactive ketones (excluding diaryl/α,β-unsaturated/α-hetero) is 1. The second-order valence-corrected chi connectivity index (χ2v) is 5.89. The standard InChI is InChI=1S/C13H17NO5S/c14-10-12(15)6-7-13(16)19-20(17,18)9-8-11-4-2-1-3-5-11/h1-5H,6-10,14H2. The first-order valence-electron chi connectivity index (χ1n) is 6.13. The van der Waals surface area contributed by atoms with E-state index >= 15 is 0 Å². The maximum atomic E-state index is 11.6.